The number of fused-ring (bicyclic) bond motifs is 1. The van der Waals surface area contributed by atoms with Crippen LogP contribution in [0, 0.1) is 0 Å². The van der Waals surface area contributed by atoms with Crippen LogP contribution < -0.4 is 0 Å². The van der Waals surface area contributed by atoms with Gasteiger partial charge in [0.1, 0.15) is 0 Å². The normalized spacial score (nSPS) is 16.7. The number of rotatable bonds is 4. The first-order chi connectivity index (χ1) is 13.1. The zero-order valence-corrected chi connectivity index (χ0v) is 15.7. The van der Waals surface area contributed by atoms with Gasteiger partial charge in [-0.1, -0.05) is 36.4 Å². The fraction of sp³-hybridized carbons (Fsp3) is 0.273. The smallest absolute Gasteiger partial charge is 0.253 e. The number of benzene rings is 2. The van der Waals surface area contributed by atoms with Gasteiger partial charge in [0, 0.05) is 37.9 Å². The van der Waals surface area contributed by atoms with Crippen LogP contribution in [0.3, 0.4) is 0 Å². The molecule has 27 heavy (non-hydrogen) atoms. The van der Waals surface area contributed by atoms with Crippen molar-refractivity contribution < 1.29 is 4.79 Å². The van der Waals surface area contributed by atoms with Crippen molar-refractivity contribution in [3.8, 4) is 11.3 Å². The molecule has 1 aliphatic heterocycles. The van der Waals surface area contributed by atoms with E-state index in [0.29, 0.717) is 18.2 Å². The molecule has 0 aliphatic carbocycles. The van der Waals surface area contributed by atoms with E-state index in [-0.39, 0.29) is 5.91 Å². The lowest BCUT2D eigenvalue weighted by Crippen LogP contribution is -2.46. The molecule has 0 bridgehead atoms. The van der Waals surface area contributed by atoms with Gasteiger partial charge < -0.3 is 4.90 Å². The highest BCUT2D eigenvalue weighted by molar-refractivity contribution is 5.94. The molecule has 0 saturated carbocycles. The maximum atomic E-state index is 12.9. The molecule has 0 saturated heterocycles. The molecule has 5 nitrogen and oxygen atoms in total. The van der Waals surface area contributed by atoms with E-state index in [1.807, 2.05) is 42.3 Å². The van der Waals surface area contributed by atoms with Crippen molar-refractivity contribution in [1.82, 2.24) is 20.0 Å². The lowest BCUT2D eigenvalue weighted by molar-refractivity contribution is 0.0733. The number of H-pyrrole nitrogens is 1. The fourth-order valence-electron chi connectivity index (χ4n) is 3.75. The highest BCUT2D eigenvalue weighted by Crippen LogP contribution is 2.23. The van der Waals surface area contributed by atoms with Gasteiger partial charge in [0.05, 0.1) is 5.69 Å². The van der Waals surface area contributed by atoms with Crippen LogP contribution in [0.25, 0.3) is 11.3 Å². The van der Waals surface area contributed by atoms with Crippen molar-refractivity contribution >= 4 is 5.91 Å². The number of carbonyl (C=O) groups is 1. The molecule has 3 aromatic rings. The zero-order valence-electron chi connectivity index (χ0n) is 15.7. The van der Waals surface area contributed by atoms with E-state index in [9.17, 15) is 4.79 Å². The average Bonchev–Trinajstić information content (AvgIpc) is 3.23. The summed E-state index contributed by atoms with van der Waals surface area (Å²) in [5.41, 5.74) is 5.46. The van der Waals surface area contributed by atoms with Crippen molar-refractivity contribution in [3.05, 3.63) is 77.5 Å². The molecule has 1 amide bonds. The molecule has 5 heteroatoms. The molecule has 1 aromatic heterocycles. The Kier molecular flexibility index (Phi) is 4.77. The van der Waals surface area contributed by atoms with Gasteiger partial charge in [0.25, 0.3) is 5.91 Å². The van der Waals surface area contributed by atoms with E-state index in [0.717, 1.165) is 24.2 Å². The van der Waals surface area contributed by atoms with Crippen LogP contribution in [0.1, 0.15) is 21.5 Å². The molecule has 1 atom stereocenters. The Hall–Kier alpha value is -2.92. The van der Waals surface area contributed by atoms with Gasteiger partial charge in [-0.15, -0.1) is 0 Å². The quantitative estimate of drug-likeness (QED) is 0.777. The molecule has 0 fully saturated rings. The average molecular weight is 360 g/mol. The summed E-state index contributed by atoms with van der Waals surface area (Å²) in [4.78, 5) is 17.0. The van der Waals surface area contributed by atoms with Crippen molar-refractivity contribution in [2.45, 2.75) is 19.0 Å². The molecule has 2 aromatic carbocycles. The number of amides is 1. The summed E-state index contributed by atoms with van der Waals surface area (Å²) < 4.78 is 0. The largest absolute Gasteiger partial charge is 0.340 e. The second-order valence-corrected chi connectivity index (χ2v) is 7.28. The Morgan fingerprint density at radius 1 is 1.15 bits per heavy atom. The summed E-state index contributed by atoms with van der Waals surface area (Å²) in [6.07, 6.45) is 2.70. The third kappa shape index (κ3) is 3.64. The summed E-state index contributed by atoms with van der Waals surface area (Å²) in [6.45, 7) is 1.65. The van der Waals surface area contributed by atoms with Crippen molar-refractivity contribution in [3.63, 3.8) is 0 Å². The molecule has 138 valence electrons. The zero-order chi connectivity index (χ0) is 18.8. The number of carbonyl (C=O) groups excluding carboxylic acids is 1. The predicted octanol–water partition coefficient (Wildman–Crippen LogP) is 3.21. The van der Waals surface area contributed by atoms with Gasteiger partial charge >= 0.3 is 0 Å². The summed E-state index contributed by atoms with van der Waals surface area (Å²) in [6, 6.07) is 18.5. The standard InChI is InChI=1S/C22H24N4O/c1-25-14-19-6-4-3-5-18(19)13-20(25)15-26(2)22(27)17-9-7-16(8-10-17)21-11-12-23-24-21/h3-12,20H,13-15H2,1-2H3,(H,23,24)/t20-/m0/s1. The molecular weight excluding hydrogens is 336 g/mol. The van der Waals surface area contributed by atoms with Gasteiger partial charge in [0.2, 0.25) is 0 Å². The molecule has 1 N–H and O–H groups in total. The van der Waals surface area contributed by atoms with Crippen LogP contribution in [0.4, 0.5) is 0 Å². The molecule has 2 heterocycles. The highest BCUT2D eigenvalue weighted by Gasteiger charge is 2.25. The van der Waals surface area contributed by atoms with Gasteiger partial charge in [-0.3, -0.25) is 14.8 Å². The lowest BCUT2D eigenvalue weighted by Gasteiger charge is -2.36. The van der Waals surface area contributed by atoms with E-state index in [4.69, 9.17) is 0 Å². The molecule has 0 spiro atoms. The summed E-state index contributed by atoms with van der Waals surface area (Å²) in [5, 5.41) is 6.91. The Bertz CT molecular complexity index is 918. The number of aromatic nitrogens is 2. The SMILES string of the molecule is CN(C[C@@H]1Cc2ccccc2CN1C)C(=O)c1ccc(-c2ccn[nH]2)cc1. The summed E-state index contributed by atoms with van der Waals surface area (Å²) in [5.74, 6) is 0.0541. The Balaban J connectivity index is 1.43. The van der Waals surface area contributed by atoms with E-state index in [1.54, 1.807) is 6.20 Å². The number of hydrogen-bond acceptors (Lipinski definition) is 3. The van der Waals surface area contributed by atoms with Gasteiger partial charge in [0.15, 0.2) is 0 Å². The molecule has 1 aliphatic rings. The number of nitrogens with one attached hydrogen (secondary N) is 1. The second-order valence-electron chi connectivity index (χ2n) is 7.28. The number of aromatic amines is 1. The lowest BCUT2D eigenvalue weighted by atomic mass is 9.94. The van der Waals surface area contributed by atoms with Crippen LogP contribution >= 0.6 is 0 Å². The van der Waals surface area contributed by atoms with Crippen molar-refractivity contribution in [2.75, 3.05) is 20.6 Å². The maximum Gasteiger partial charge on any atom is 0.253 e. The topological polar surface area (TPSA) is 52.2 Å². The van der Waals surface area contributed by atoms with Gasteiger partial charge in [-0.25, -0.2) is 0 Å². The molecule has 0 unspecified atom stereocenters. The maximum absolute atomic E-state index is 12.9. The third-order valence-corrected chi connectivity index (χ3v) is 5.39. The van der Waals surface area contributed by atoms with Crippen LogP contribution in [0.5, 0.6) is 0 Å². The number of hydrogen-bond donors (Lipinski definition) is 1. The molecular formula is C22H24N4O. The fourth-order valence-corrected chi connectivity index (χ4v) is 3.75. The highest BCUT2D eigenvalue weighted by atomic mass is 16.2. The second kappa shape index (κ2) is 7.37. The van der Waals surface area contributed by atoms with Crippen LogP contribution in [-0.2, 0) is 13.0 Å². The molecule has 0 radical (unpaired) electrons. The minimum Gasteiger partial charge on any atom is -0.340 e. The molecule has 4 rings (SSSR count). The van der Waals surface area contributed by atoms with Gasteiger partial charge in [-0.2, -0.15) is 5.10 Å². The Morgan fingerprint density at radius 2 is 1.89 bits per heavy atom. The first-order valence-electron chi connectivity index (χ1n) is 9.24. The minimum absolute atomic E-state index is 0.0541. The first kappa shape index (κ1) is 17.5. The van der Waals surface area contributed by atoms with E-state index < -0.39 is 0 Å². The first-order valence-corrected chi connectivity index (χ1v) is 9.24. The Labute approximate surface area is 159 Å². The van der Waals surface area contributed by atoms with E-state index in [2.05, 4.69) is 46.4 Å². The van der Waals surface area contributed by atoms with Crippen LogP contribution in [-0.4, -0.2) is 52.6 Å². The van der Waals surface area contributed by atoms with Crippen molar-refractivity contribution in [1.29, 1.82) is 0 Å². The monoisotopic (exact) mass is 360 g/mol. The van der Waals surface area contributed by atoms with Crippen LogP contribution in [0.2, 0.25) is 0 Å². The van der Waals surface area contributed by atoms with E-state index >= 15 is 0 Å². The number of likely N-dealkylation sites (N-methyl/N-ethyl adjacent to an activating group) is 2. The number of nitrogens with zero attached hydrogens (tertiary/aromatic N) is 3. The summed E-state index contributed by atoms with van der Waals surface area (Å²) in [7, 11) is 4.03. The minimum atomic E-state index is 0.0541. The van der Waals surface area contributed by atoms with Gasteiger partial charge in [-0.05, 0) is 48.4 Å². The Morgan fingerprint density at radius 3 is 2.59 bits per heavy atom. The van der Waals surface area contributed by atoms with Crippen LogP contribution in [0.15, 0.2) is 60.8 Å². The summed E-state index contributed by atoms with van der Waals surface area (Å²) >= 11 is 0. The van der Waals surface area contributed by atoms with E-state index in [1.165, 1.54) is 11.1 Å². The van der Waals surface area contributed by atoms with Crippen molar-refractivity contribution in [2.24, 2.45) is 0 Å². The third-order valence-electron chi connectivity index (χ3n) is 5.39. The predicted molar refractivity (Wildman–Crippen MR) is 106 cm³/mol.